The van der Waals surface area contributed by atoms with Gasteiger partial charge in [-0.05, 0) is 37.1 Å². The third-order valence-corrected chi connectivity index (χ3v) is 3.72. The van der Waals surface area contributed by atoms with Crippen LogP contribution < -0.4 is 0 Å². The summed E-state index contributed by atoms with van der Waals surface area (Å²) in [4.78, 5) is 12.3. The molecule has 0 aromatic carbocycles. The summed E-state index contributed by atoms with van der Waals surface area (Å²) in [5.41, 5.74) is 4.52. The van der Waals surface area contributed by atoms with E-state index in [1.54, 1.807) is 10.9 Å². The number of aryl methyl sites for hydroxylation is 2. The van der Waals surface area contributed by atoms with Gasteiger partial charge in [0, 0.05) is 30.5 Å². The molecule has 0 saturated carbocycles. The highest BCUT2D eigenvalue weighted by molar-refractivity contribution is 5.99. The summed E-state index contributed by atoms with van der Waals surface area (Å²) in [7, 11) is 1.86. The molecule has 3 heterocycles. The van der Waals surface area contributed by atoms with Crippen molar-refractivity contribution < 1.29 is 9.53 Å². The molecular weight excluding hydrogens is 278 g/mol. The number of fused-ring (bicyclic) bond motifs is 1. The number of esters is 1. The highest BCUT2D eigenvalue weighted by atomic mass is 16.5. The normalized spacial score (nSPS) is 11.0. The number of pyridine rings is 1. The Balaban J connectivity index is 2.25. The molecule has 0 saturated heterocycles. The Labute approximate surface area is 129 Å². The van der Waals surface area contributed by atoms with Gasteiger partial charge in [0.1, 0.15) is 0 Å². The van der Waals surface area contributed by atoms with Crippen molar-refractivity contribution in [3.8, 4) is 11.3 Å². The number of hydrogen-bond acceptors (Lipinski definition) is 3. The smallest absolute Gasteiger partial charge is 0.340 e. The van der Waals surface area contributed by atoms with Crippen LogP contribution in [0, 0.1) is 0 Å². The van der Waals surface area contributed by atoms with Gasteiger partial charge in [-0.25, -0.2) is 4.79 Å². The van der Waals surface area contributed by atoms with Gasteiger partial charge in [-0.15, -0.1) is 0 Å². The molecule has 0 bridgehead atoms. The molecule has 0 radical (unpaired) electrons. The van der Waals surface area contributed by atoms with E-state index in [4.69, 9.17) is 4.74 Å². The summed E-state index contributed by atoms with van der Waals surface area (Å²) in [5.74, 6) is -0.303. The zero-order chi connectivity index (χ0) is 15.7. The lowest BCUT2D eigenvalue weighted by atomic mass is 10.1. The van der Waals surface area contributed by atoms with Crippen LogP contribution in [-0.2, 0) is 18.2 Å². The van der Waals surface area contributed by atoms with Crippen LogP contribution in [0.3, 0.4) is 0 Å². The van der Waals surface area contributed by atoms with E-state index in [9.17, 15) is 4.79 Å². The van der Waals surface area contributed by atoms with E-state index in [-0.39, 0.29) is 5.97 Å². The van der Waals surface area contributed by atoms with E-state index in [1.807, 2.05) is 36.8 Å². The van der Waals surface area contributed by atoms with Crippen LogP contribution in [0.2, 0.25) is 0 Å². The lowest BCUT2D eigenvalue weighted by Crippen LogP contribution is -2.05. The van der Waals surface area contributed by atoms with Gasteiger partial charge in [0.05, 0.1) is 24.1 Å². The summed E-state index contributed by atoms with van der Waals surface area (Å²) in [6.07, 6.45) is 6.62. The number of carbonyl (C=O) groups excluding carboxylic acids is 1. The number of rotatable bonds is 4. The van der Waals surface area contributed by atoms with Gasteiger partial charge in [-0.2, -0.15) is 5.10 Å². The monoisotopic (exact) mass is 297 g/mol. The molecule has 114 valence electrons. The second-order valence-corrected chi connectivity index (χ2v) is 5.21. The van der Waals surface area contributed by atoms with Crippen molar-refractivity contribution in [3.63, 3.8) is 0 Å². The Morgan fingerprint density at radius 1 is 1.32 bits per heavy atom. The molecule has 3 aromatic rings. The first kappa shape index (κ1) is 14.4. The molecule has 0 N–H and O–H groups in total. The second-order valence-electron chi connectivity index (χ2n) is 5.21. The predicted octanol–water partition coefficient (Wildman–Crippen LogP) is 3.08. The zero-order valence-corrected chi connectivity index (χ0v) is 13.0. The van der Waals surface area contributed by atoms with Crippen LogP contribution >= 0.6 is 0 Å². The molecule has 0 aliphatic carbocycles. The number of hydrogen-bond donors (Lipinski definition) is 0. The Morgan fingerprint density at radius 3 is 2.77 bits per heavy atom. The van der Waals surface area contributed by atoms with Crippen molar-refractivity contribution in [2.75, 3.05) is 6.61 Å². The van der Waals surface area contributed by atoms with Crippen molar-refractivity contribution in [2.45, 2.75) is 20.3 Å². The molecule has 3 aromatic heterocycles. The van der Waals surface area contributed by atoms with E-state index in [0.29, 0.717) is 12.2 Å². The third kappa shape index (κ3) is 2.39. The molecule has 5 nitrogen and oxygen atoms in total. The summed E-state index contributed by atoms with van der Waals surface area (Å²) in [6.45, 7) is 4.29. The maximum absolute atomic E-state index is 12.3. The van der Waals surface area contributed by atoms with Gasteiger partial charge < -0.3 is 9.14 Å². The third-order valence-electron chi connectivity index (χ3n) is 3.72. The minimum atomic E-state index is -0.303. The maximum atomic E-state index is 12.3. The number of nitrogens with zero attached hydrogens (tertiary/aromatic N) is 3. The Morgan fingerprint density at radius 2 is 2.14 bits per heavy atom. The van der Waals surface area contributed by atoms with Gasteiger partial charge in [0.15, 0.2) is 0 Å². The minimum absolute atomic E-state index is 0.303. The highest BCUT2D eigenvalue weighted by Crippen LogP contribution is 2.28. The number of carbonyl (C=O) groups is 1. The summed E-state index contributed by atoms with van der Waals surface area (Å²) in [6, 6.07) is 6.06. The van der Waals surface area contributed by atoms with E-state index in [2.05, 4.69) is 24.2 Å². The maximum Gasteiger partial charge on any atom is 0.340 e. The van der Waals surface area contributed by atoms with Gasteiger partial charge >= 0.3 is 5.97 Å². The van der Waals surface area contributed by atoms with Crippen molar-refractivity contribution in [3.05, 3.63) is 47.9 Å². The quantitative estimate of drug-likeness (QED) is 0.695. The van der Waals surface area contributed by atoms with Gasteiger partial charge in [-0.3, -0.25) is 4.68 Å². The molecule has 0 spiro atoms. The first-order valence-electron chi connectivity index (χ1n) is 7.44. The molecule has 0 atom stereocenters. The Kier molecular flexibility index (Phi) is 3.71. The first-order valence-corrected chi connectivity index (χ1v) is 7.44. The Bertz CT molecular complexity index is 830. The molecule has 22 heavy (non-hydrogen) atoms. The van der Waals surface area contributed by atoms with Crippen molar-refractivity contribution in [1.82, 2.24) is 14.2 Å². The van der Waals surface area contributed by atoms with Crippen LogP contribution in [0.25, 0.3) is 16.8 Å². The van der Waals surface area contributed by atoms with Crippen LogP contribution in [0.15, 0.2) is 36.8 Å². The lowest BCUT2D eigenvalue weighted by molar-refractivity contribution is 0.0527. The van der Waals surface area contributed by atoms with Crippen LogP contribution in [-0.4, -0.2) is 26.8 Å². The summed E-state index contributed by atoms with van der Waals surface area (Å²) >= 11 is 0. The largest absolute Gasteiger partial charge is 0.462 e. The van der Waals surface area contributed by atoms with Crippen LogP contribution in [0.4, 0.5) is 0 Å². The fraction of sp³-hybridized carbons (Fsp3) is 0.294. The predicted molar refractivity (Wildman–Crippen MR) is 84.9 cm³/mol. The minimum Gasteiger partial charge on any atom is -0.462 e. The molecule has 5 heteroatoms. The summed E-state index contributed by atoms with van der Waals surface area (Å²) < 4.78 is 8.95. The highest BCUT2D eigenvalue weighted by Gasteiger charge is 2.20. The van der Waals surface area contributed by atoms with Gasteiger partial charge in [-0.1, -0.05) is 6.92 Å². The van der Waals surface area contributed by atoms with E-state index >= 15 is 0 Å². The van der Waals surface area contributed by atoms with E-state index in [0.717, 1.165) is 23.2 Å². The average molecular weight is 297 g/mol. The standard InChI is InChI=1S/C17H19N3O2/c1-4-12-6-7-20-14(8-12)9-15(17(21)22-5-2)16(20)13-10-18-19(3)11-13/h6-11H,4-5H2,1-3H3. The topological polar surface area (TPSA) is 48.5 Å². The van der Waals surface area contributed by atoms with Crippen molar-refractivity contribution >= 4 is 11.5 Å². The molecule has 0 amide bonds. The molecule has 0 fully saturated rings. The number of ether oxygens (including phenoxy) is 1. The summed E-state index contributed by atoms with van der Waals surface area (Å²) in [5, 5.41) is 4.21. The second kappa shape index (κ2) is 5.67. The van der Waals surface area contributed by atoms with Crippen molar-refractivity contribution in [1.29, 1.82) is 0 Å². The molecule has 0 unspecified atom stereocenters. The Hall–Kier alpha value is -2.56. The molecule has 3 rings (SSSR count). The molecule has 0 aliphatic rings. The average Bonchev–Trinajstić information content (AvgIpc) is 3.09. The fourth-order valence-electron chi connectivity index (χ4n) is 2.65. The number of aromatic nitrogens is 3. The first-order chi connectivity index (χ1) is 10.6. The lowest BCUT2D eigenvalue weighted by Gasteiger charge is -2.05. The SMILES string of the molecule is CCOC(=O)c1cc2cc(CC)ccn2c1-c1cnn(C)c1. The van der Waals surface area contributed by atoms with E-state index in [1.165, 1.54) is 5.56 Å². The molecular formula is C17H19N3O2. The van der Waals surface area contributed by atoms with Crippen molar-refractivity contribution in [2.24, 2.45) is 7.05 Å². The van der Waals surface area contributed by atoms with E-state index < -0.39 is 0 Å². The zero-order valence-electron chi connectivity index (χ0n) is 13.0. The van der Waals surface area contributed by atoms with Gasteiger partial charge in [0.2, 0.25) is 0 Å². The van der Waals surface area contributed by atoms with Crippen LogP contribution in [0.1, 0.15) is 29.8 Å². The molecule has 0 aliphatic heterocycles. The van der Waals surface area contributed by atoms with Gasteiger partial charge in [0.25, 0.3) is 0 Å². The van der Waals surface area contributed by atoms with Crippen LogP contribution in [0.5, 0.6) is 0 Å². The fourth-order valence-corrected chi connectivity index (χ4v) is 2.65.